The molecule has 96 valence electrons. The van der Waals surface area contributed by atoms with Gasteiger partial charge >= 0.3 is 5.97 Å². The molecule has 0 amide bonds. The normalized spacial score (nSPS) is 16.9. The Labute approximate surface area is 116 Å². The Morgan fingerprint density at radius 2 is 2.17 bits per heavy atom. The molecule has 0 N–H and O–H groups in total. The van der Waals surface area contributed by atoms with Crippen molar-refractivity contribution < 1.29 is 9.53 Å². The van der Waals surface area contributed by atoms with Gasteiger partial charge < -0.3 is 4.74 Å². The lowest BCUT2D eigenvalue weighted by Crippen LogP contribution is -2.23. The van der Waals surface area contributed by atoms with Crippen LogP contribution in [-0.4, -0.2) is 29.4 Å². The molecule has 1 aromatic rings. The van der Waals surface area contributed by atoms with Gasteiger partial charge in [0.1, 0.15) is 0 Å². The van der Waals surface area contributed by atoms with E-state index in [0.29, 0.717) is 22.0 Å². The van der Waals surface area contributed by atoms with Crippen molar-refractivity contribution >= 4 is 35.2 Å². The minimum Gasteiger partial charge on any atom is -0.403 e. The van der Waals surface area contributed by atoms with Crippen LogP contribution in [0.25, 0.3) is 0 Å². The number of rotatable bonds is 3. The fourth-order valence-corrected chi connectivity index (χ4v) is 2.87. The van der Waals surface area contributed by atoms with Gasteiger partial charge in [0, 0.05) is 5.75 Å². The summed E-state index contributed by atoms with van der Waals surface area (Å²) in [6.45, 7) is 4.00. The smallest absolute Gasteiger partial charge is 0.345 e. The zero-order valence-electron chi connectivity index (χ0n) is 10.5. The lowest BCUT2D eigenvalue weighted by molar-refractivity contribution is 0.0736. The number of aliphatic imine (C=N–C) groups is 1. The van der Waals surface area contributed by atoms with Crippen LogP contribution in [0.1, 0.15) is 29.8 Å². The highest BCUT2D eigenvalue weighted by Crippen LogP contribution is 2.29. The molecule has 0 bridgehead atoms. The van der Waals surface area contributed by atoms with Gasteiger partial charge in [-0.2, -0.15) is 11.8 Å². The Bertz CT molecular complexity index is 526. The largest absolute Gasteiger partial charge is 0.403 e. The summed E-state index contributed by atoms with van der Waals surface area (Å²) in [6.07, 6.45) is 2.02. The maximum atomic E-state index is 11.7. The lowest BCUT2D eigenvalue weighted by atomic mass is 10.1. The quantitative estimate of drug-likeness (QED) is 0.798. The van der Waals surface area contributed by atoms with Gasteiger partial charge in [-0.15, -0.1) is 0 Å². The average molecular weight is 284 g/mol. The second-order valence-electron chi connectivity index (χ2n) is 4.71. The molecule has 0 unspecified atom stereocenters. The molecule has 2 rings (SSSR count). The molecule has 0 aromatic heterocycles. The number of benzene rings is 1. The van der Waals surface area contributed by atoms with Crippen molar-refractivity contribution in [2.24, 2.45) is 4.99 Å². The van der Waals surface area contributed by atoms with Crippen LogP contribution in [0.2, 0.25) is 5.02 Å². The second-order valence-corrected chi connectivity index (χ2v) is 5.99. The molecule has 1 heterocycles. The topological polar surface area (TPSA) is 38.7 Å². The van der Waals surface area contributed by atoms with Gasteiger partial charge in [0.25, 0.3) is 0 Å². The number of nitrogens with zero attached hydrogens (tertiary/aromatic N) is 1. The number of carbonyl (C=O) groups is 1. The average Bonchev–Trinajstić information content (AvgIpc) is 2.56. The van der Waals surface area contributed by atoms with E-state index < -0.39 is 0 Å². The van der Waals surface area contributed by atoms with E-state index in [1.165, 1.54) is 0 Å². The van der Waals surface area contributed by atoms with Crippen molar-refractivity contribution in [3.63, 3.8) is 0 Å². The molecule has 0 radical (unpaired) electrons. The zero-order chi connectivity index (χ0) is 13.3. The van der Waals surface area contributed by atoms with Crippen LogP contribution < -0.4 is 0 Å². The van der Waals surface area contributed by atoms with Gasteiger partial charge in [-0.1, -0.05) is 17.7 Å². The summed E-state index contributed by atoms with van der Waals surface area (Å²) in [5.74, 6) is 0.791. The van der Waals surface area contributed by atoms with E-state index in [2.05, 4.69) is 4.99 Å². The third-order valence-corrected chi connectivity index (χ3v) is 3.85. The van der Waals surface area contributed by atoms with Crippen molar-refractivity contribution in [3.05, 3.63) is 34.3 Å². The van der Waals surface area contributed by atoms with Gasteiger partial charge in [0.05, 0.1) is 21.7 Å². The van der Waals surface area contributed by atoms with Crippen molar-refractivity contribution in [1.82, 2.24) is 0 Å². The molecule has 1 aliphatic heterocycles. The summed E-state index contributed by atoms with van der Waals surface area (Å²) in [4.78, 5) is 16.2. The Morgan fingerprint density at radius 1 is 1.44 bits per heavy atom. The van der Waals surface area contributed by atoms with E-state index in [4.69, 9.17) is 16.3 Å². The highest BCUT2D eigenvalue weighted by Gasteiger charge is 2.32. The molecule has 18 heavy (non-hydrogen) atoms. The van der Waals surface area contributed by atoms with Gasteiger partial charge in [-0.05, 0) is 32.2 Å². The standard InChI is InChI=1S/C13H14ClNO2S/c1-13(2,7-18-3)15-11-10-8(12(16)17-11)5-4-6-9(10)14/h4-6H,7H2,1-3H3/b15-11+. The molecular formula is C13H14ClNO2S. The van der Waals surface area contributed by atoms with Gasteiger partial charge in [-0.25, -0.2) is 9.79 Å². The van der Waals surface area contributed by atoms with Gasteiger partial charge in [0.15, 0.2) is 0 Å². The number of esters is 1. The van der Waals surface area contributed by atoms with Crippen molar-refractivity contribution in [3.8, 4) is 0 Å². The molecule has 0 saturated heterocycles. The molecule has 5 heteroatoms. The summed E-state index contributed by atoms with van der Waals surface area (Å²) in [5.41, 5.74) is 0.801. The van der Waals surface area contributed by atoms with Crippen LogP contribution in [0.4, 0.5) is 0 Å². The third kappa shape index (κ3) is 2.54. The summed E-state index contributed by atoms with van der Waals surface area (Å²) >= 11 is 7.82. The van der Waals surface area contributed by atoms with E-state index in [1.807, 2.05) is 20.1 Å². The highest BCUT2D eigenvalue weighted by molar-refractivity contribution is 7.98. The first kappa shape index (κ1) is 13.4. The van der Waals surface area contributed by atoms with Crippen LogP contribution in [0.15, 0.2) is 23.2 Å². The predicted octanol–water partition coefficient (Wildman–Crippen LogP) is 3.40. The van der Waals surface area contributed by atoms with Crippen LogP contribution >= 0.6 is 23.4 Å². The van der Waals surface area contributed by atoms with Crippen molar-refractivity contribution in [2.75, 3.05) is 12.0 Å². The number of cyclic esters (lactones) is 1. The molecule has 1 aliphatic rings. The van der Waals surface area contributed by atoms with Crippen molar-refractivity contribution in [1.29, 1.82) is 0 Å². The Balaban J connectivity index is 2.46. The van der Waals surface area contributed by atoms with E-state index in [-0.39, 0.29) is 11.5 Å². The van der Waals surface area contributed by atoms with E-state index in [1.54, 1.807) is 30.0 Å². The van der Waals surface area contributed by atoms with Crippen LogP contribution in [0.5, 0.6) is 0 Å². The summed E-state index contributed by atoms with van der Waals surface area (Å²) < 4.78 is 5.21. The number of halogens is 1. The minimum absolute atomic E-state index is 0.296. The highest BCUT2D eigenvalue weighted by atomic mass is 35.5. The third-order valence-electron chi connectivity index (χ3n) is 2.54. The second kappa shape index (κ2) is 4.94. The summed E-state index contributed by atoms with van der Waals surface area (Å²) in [5, 5.41) is 0.497. The number of thioether (sulfide) groups is 1. The van der Waals surface area contributed by atoms with E-state index in [9.17, 15) is 4.79 Å². The molecule has 0 atom stereocenters. The first-order chi connectivity index (χ1) is 8.44. The molecule has 0 aliphatic carbocycles. The van der Waals surface area contributed by atoms with Crippen LogP contribution in [-0.2, 0) is 4.74 Å². The molecule has 1 aromatic carbocycles. The Hall–Kier alpha value is -1.00. The number of ether oxygens (including phenoxy) is 1. The first-order valence-corrected chi connectivity index (χ1v) is 7.31. The Kier molecular flexibility index (Phi) is 3.69. The summed E-state index contributed by atoms with van der Waals surface area (Å²) in [6, 6.07) is 5.17. The summed E-state index contributed by atoms with van der Waals surface area (Å²) in [7, 11) is 0. The van der Waals surface area contributed by atoms with E-state index in [0.717, 1.165) is 5.75 Å². The fraction of sp³-hybridized carbons (Fsp3) is 0.385. The van der Waals surface area contributed by atoms with Gasteiger partial charge in [0.2, 0.25) is 5.90 Å². The number of hydrogen-bond donors (Lipinski definition) is 0. The minimum atomic E-state index is -0.383. The molecule has 0 saturated carbocycles. The monoisotopic (exact) mass is 283 g/mol. The maximum absolute atomic E-state index is 11.7. The SMILES string of the molecule is CSCC(C)(C)/N=C1/OC(=O)c2cccc(Cl)c21. The lowest BCUT2D eigenvalue weighted by Gasteiger charge is -2.18. The molecule has 0 fully saturated rings. The van der Waals surface area contributed by atoms with E-state index >= 15 is 0 Å². The number of fused-ring (bicyclic) bond motifs is 1. The first-order valence-electron chi connectivity index (χ1n) is 5.54. The molecule has 3 nitrogen and oxygen atoms in total. The maximum Gasteiger partial charge on any atom is 0.345 e. The van der Waals surface area contributed by atoms with Crippen LogP contribution in [0, 0.1) is 0 Å². The van der Waals surface area contributed by atoms with Crippen LogP contribution in [0.3, 0.4) is 0 Å². The Morgan fingerprint density at radius 3 is 2.83 bits per heavy atom. The number of carbonyl (C=O) groups excluding carboxylic acids is 1. The predicted molar refractivity (Wildman–Crippen MR) is 75.9 cm³/mol. The molecular weight excluding hydrogens is 270 g/mol. The molecule has 0 spiro atoms. The zero-order valence-corrected chi connectivity index (χ0v) is 12.1. The van der Waals surface area contributed by atoms with Gasteiger partial charge in [-0.3, -0.25) is 0 Å². The number of hydrogen-bond acceptors (Lipinski definition) is 4. The fourth-order valence-electron chi connectivity index (χ4n) is 1.84. The van der Waals surface area contributed by atoms with Crippen molar-refractivity contribution in [2.45, 2.75) is 19.4 Å².